The molecule has 0 saturated carbocycles. The second-order valence-electron chi connectivity index (χ2n) is 9.30. The summed E-state index contributed by atoms with van der Waals surface area (Å²) in [6, 6.07) is 13.4. The van der Waals surface area contributed by atoms with Crippen LogP contribution in [-0.4, -0.2) is 45.5 Å². The van der Waals surface area contributed by atoms with E-state index in [-0.39, 0.29) is 16.7 Å². The van der Waals surface area contributed by atoms with E-state index >= 15 is 0 Å². The van der Waals surface area contributed by atoms with Crippen LogP contribution in [-0.2, 0) is 27.9 Å². The molecule has 1 atom stereocenters. The van der Waals surface area contributed by atoms with E-state index in [1.165, 1.54) is 44.1 Å². The first kappa shape index (κ1) is 26.2. The number of carbonyl (C=O) groups excluding carboxylic acids is 1. The van der Waals surface area contributed by atoms with Gasteiger partial charge in [-0.15, -0.1) is 0 Å². The monoisotopic (exact) mass is 487 g/mol. The molecule has 2 aromatic carbocycles. The topological polar surface area (TPSA) is 87.7 Å². The molecule has 0 aliphatic carbocycles. The van der Waals surface area contributed by atoms with Gasteiger partial charge in [-0.3, -0.25) is 9.69 Å². The van der Waals surface area contributed by atoms with Gasteiger partial charge in [0.15, 0.2) is 0 Å². The van der Waals surface area contributed by atoms with Gasteiger partial charge in [-0.05, 0) is 73.7 Å². The lowest BCUT2D eigenvalue weighted by atomic mass is 10.0. The zero-order valence-corrected chi connectivity index (χ0v) is 21.2. The molecule has 2 aromatic rings. The van der Waals surface area contributed by atoms with Gasteiger partial charge in [0.2, 0.25) is 15.9 Å². The number of hydrogen-bond acceptors (Lipinski definition) is 5. The van der Waals surface area contributed by atoms with Crippen LogP contribution in [0.5, 0.6) is 5.75 Å². The van der Waals surface area contributed by atoms with E-state index in [2.05, 4.69) is 21.0 Å². The Morgan fingerprint density at radius 1 is 1.00 bits per heavy atom. The molecule has 1 unspecified atom stereocenters. The van der Waals surface area contributed by atoms with E-state index in [9.17, 15) is 13.2 Å². The van der Waals surface area contributed by atoms with E-state index in [1.807, 2.05) is 32.0 Å². The van der Waals surface area contributed by atoms with Crippen molar-refractivity contribution in [1.29, 1.82) is 0 Å². The summed E-state index contributed by atoms with van der Waals surface area (Å²) in [5.41, 5.74) is 2.26. The smallest absolute Gasteiger partial charge is 0.241 e. The van der Waals surface area contributed by atoms with Gasteiger partial charge in [-0.2, -0.15) is 4.72 Å². The van der Waals surface area contributed by atoms with Gasteiger partial charge in [-0.25, -0.2) is 8.42 Å². The van der Waals surface area contributed by atoms with E-state index in [4.69, 9.17) is 4.74 Å². The van der Waals surface area contributed by atoms with E-state index in [0.717, 1.165) is 25.2 Å². The van der Waals surface area contributed by atoms with Crippen molar-refractivity contribution in [3.05, 3.63) is 59.7 Å². The molecule has 1 aliphatic heterocycles. The number of carbonyl (C=O) groups is 1. The molecule has 1 heterocycles. The maximum Gasteiger partial charge on any atom is 0.241 e. The lowest BCUT2D eigenvalue weighted by molar-refractivity contribution is -0.123. The van der Waals surface area contributed by atoms with E-state index in [0.29, 0.717) is 18.7 Å². The van der Waals surface area contributed by atoms with Crippen molar-refractivity contribution in [3.8, 4) is 5.75 Å². The van der Waals surface area contributed by atoms with Gasteiger partial charge in [0.1, 0.15) is 11.8 Å². The SMILES string of the molecule is COc1ccc(S(=O)(=O)NC(CC(C)C)C(=O)NCc2ccccc2CN2CCCCC2)cc1. The number of benzene rings is 2. The number of rotatable bonds is 11. The summed E-state index contributed by atoms with van der Waals surface area (Å²) in [6.07, 6.45) is 4.14. The number of hydrogen-bond donors (Lipinski definition) is 2. The standard InChI is InChI=1S/C26H37N3O4S/c1-20(2)17-25(28-34(31,32)24-13-11-23(33-3)12-14-24)26(30)27-18-21-9-5-6-10-22(21)19-29-15-7-4-8-16-29/h5-6,9-14,20,25,28H,4,7-8,15-19H2,1-3H3,(H,27,30). The highest BCUT2D eigenvalue weighted by Crippen LogP contribution is 2.18. The summed E-state index contributed by atoms with van der Waals surface area (Å²) in [6.45, 7) is 7.37. The van der Waals surface area contributed by atoms with Gasteiger partial charge in [0, 0.05) is 13.1 Å². The zero-order valence-electron chi connectivity index (χ0n) is 20.4. The average molecular weight is 488 g/mol. The Labute approximate surface area is 203 Å². The van der Waals surface area contributed by atoms with Crippen molar-refractivity contribution in [1.82, 2.24) is 14.9 Å². The molecule has 2 N–H and O–H groups in total. The summed E-state index contributed by atoms with van der Waals surface area (Å²) in [5, 5.41) is 2.97. The third-order valence-corrected chi connectivity index (χ3v) is 7.59. The Hall–Kier alpha value is -2.42. The Balaban J connectivity index is 1.67. The maximum absolute atomic E-state index is 13.1. The second-order valence-corrected chi connectivity index (χ2v) is 11.0. The van der Waals surface area contributed by atoms with Crippen LogP contribution in [0.4, 0.5) is 0 Å². The molecule has 7 nitrogen and oxygen atoms in total. The van der Waals surface area contributed by atoms with Crippen molar-refractivity contribution in [2.45, 2.75) is 63.6 Å². The largest absolute Gasteiger partial charge is 0.497 e. The summed E-state index contributed by atoms with van der Waals surface area (Å²) in [5.74, 6) is 0.387. The summed E-state index contributed by atoms with van der Waals surface area (Å²) < 4.78 is 33.6. The first-order valence-corrected chi connectivity index (χ1v) is 13.5. The van der Waals surface area contributed by atoms with Gasteiger partial charge in [0.05, 0.1) is 12.0 Å². The van der Waals surface area contributed by atoms with Crippen molar-refractivity contribution in [2.75, 3.05) is 20.2 Å². The number of likely N-dealkylation sites (tertiary alicyclic amines) is 1. The van der Waals surface area contributed by atoms with Gasteiger partial charge >= 0.3 is 0 Å². The molecule has 0 aromatic heterocycles. The lowest BCUT2D eigenvalue weighted by Gasteiger charge is -2.27. The number of nitrogens with zero attached hydrogens (tertiary/aromatic N) is 1. The van der Waals surface area contributed by atoms with Crippen LogP contribution in [0.2, 0.25) is 0 Å². The number of ether oxygens (including phenoxy) is 1. The number of sulfonamides is 1. The van der Waals surface area contributed by atoms with Gasteiger partial charge < -0.3 is 10.1 Å². The fourth-order valence-electron chi connectivity index (χ4n) is 4.24. The Kier molecular flexibility index (Phi) is 9.50. The van der Waals surface area contributed by atoms with Crippen LogP contribution in [0, 0.1) is 5.92 Å². The number of piperidine rings is 1. The summed E-state index contributed by atoms with van der Waals surface area (Å²) in [7, 11) is -2.34. The third-order valence-electron chi connectivity index (χ3n) is 6.10. The quantitative estimate of drug-likeness (QED) is 0.505. The molecule has 1 amide bonds. The highest BCUT2D eigenvalue weighted by atomic mass is 32.2. The molecular weight excluding hydrogens is 450 g/mol. The zero-order chi connectivity index (χ0) is 24.6. The second kappa shape index (κ2) is 12.3. The predicted octanol–water partition coefficient (Wildman–Crippen LogP) is 3.69. The Morgan fingerprint density at radius 2 is 1.65 bits per heavy atom. The van der Waals surface area contributed by atoms with E-state index < -0.39 is 16.1 Å². The number of nitrogens with one attached hydrogen (secondary N) is 2. The molecule has 1 saturated heterocycles. The van der Waals surface area contributed by atoms with Gasteiger partial charge in [-0.1, -0.05) is 44.5 Å². The molecule has 0 radical (unpaired) electrons. The van der Waals surface area contributed by atoms with Gasteiger partial charge in [0.25, 0.3) is 0 Å². The average Bonchev–Trinajstić information content (AvgIpc) is 2.83. The van der Waals surface area contributed by atoms with Crippen LogP contribution in [0.25, 0.3) is 0 Å². The molecule has 0 spiro atoms. The molecular formula is C26H37N3O4S. The normalized spacial score (nSPS) is 15.8. The Morgan fingerprint density at radius 3 is 2.26 bits per heavy atom. The maximum atomic E-state index is 13.1. The fourth-order valence-corrected chi connectivity index (χ4v) is 5.45. The van der Waals surface area contributed by atoms with Crippen LogP contribution >= 0.6 is 0 Å². The minimum Gasteiger partial charge on any atom is -0.497 e. The lowest BCUT2D eigenvalue weighted by Crippen LogP contribution is -2.47. The minimum absolute atomic E-state index is 0.0988. The van der Waals surface area contributed by atoms with Crippen LogP contribution < -0.4 is 14.8 Å². The highest BCUT2D eigenvalue weighted by molar-refractivity contribution is 7.89. The number of amides is 1. The van der Waals surface area contributed by atoms with Crippen LogP contribution in [0.3, 0.4) is 0 Å². The molecule has 8 heteroatoms. The van der Waals surface area contributed by atoms with Crippen molar-refractivity contribution >= 4 is 15.9 Å². The van der Waals surface area contributed by atoms with Crippen molar-refractivity contribution in [2.24, 2.45) is 5.92 Å². The molecule has 1 aliphatic rings. The van der Waals surface area contributed by atoms with Crippen molar-refractivity contribution < 1.29 is 17.9 Å². The first-order chi connectivity index (χ1) is 16.3. The highest BCUT2D eigenvalue weighted by Gasteiger charge is 2.26. The minimum atomic E-state index is -3.86. The predicted molar refractivity (Wildman–Crippen MR) is 134 cm³/mol. The molecule has 1 fully saturated rings. The third kappa shape index (κ3) is 7.55. The molecule has 34 heavy (non-hydrogen) atoms. The Bertz CT molecular complexity index is 1030. The summed E-state index contributed by atoms with van der Waals surface area (Å²) >= 11 is 0. The molecule has 186 valence electrons. The molecule has 0 bridgehead atoms. The van der Waals surface area contributed by atoms with Crippen molar-refractivity contribution in [3.63, 3.8) is 0 Å². The van der Waals surface area contributed by atoms with Crippen LogP contribution in [0.1, 0.15) is 50.7 Å². The number of methoxy groups -OCH3 is 1. The summed E-state index contributed by atoms with van der Waals surface area (Å²) in [4.78, 5) is 15.6. The van der Waals surface area contributed by atoms with Crippen LogP contribution in [0.15, 0.2) is 53.4 Å². The first-order valence-electron chi connectivity index (χ1n) is 12.0. The molecule has 3 rings (SSSR count). The van der Waals surface area contributed by atoms with E-state index in [1.54, 1.807) is 12.1 Å². The fraction of sp³-hybridized carbons (Fsp3) is 0.500.